The molecule has 0 radical (unpaired) electrons. The first-order chi connectivity index (χ1) is 9.86. The molecule has 0 atom stereocenters. The first-order valence-electron chi connectivity index (χ1n) is 7.47. The number of methoxy groups -OCH3 is 1. The summed E-state index contributed by atoms with van der Waals surface area (Å²) in [6.07, 6.45) is 2.52. The molecule has 0 spiro atoms. The van der Waals surface area contributed by atoms with Gasteiger partial charge in [0, 0.05) is 42.3 Å². The van der Waals surface area contributed by atoms with Crippen LogP contribution in [-0.4, -0.2) is 26.2 Å². The molecule has 0 N–H and O–H groups in total. The Kier molecular flexibility index (Phi) is 5.10. The van der Waals surface area contributed by atoms with E-state index in [0.29, 0.717) is 6.42 Å². The fraction of sp³-hybridized carbons (Fsp3) is 0.588. The Hall–Kier alpha value is -0.870. The molecule has 2 rings (SSSR count). The van der Waals surface area contributed by atoms with Gasteiger partial charge in [0.05, 0.1) is 0 Å². The number of nitrogens with zero attached hydrogens (tertiary/aromatic N) is 1. The number of carbonyl (C=O) groups excluding carboxylic acids is 1. The van der Waals surface area contributed by atoms with Crippen LogP contribution in [0.25, 0.3) is 0 Å². The normalized spacial score (nSPS) is 17.0. The maximum atomic E-state index is 12.5. The van der Waals surface area contributed by atoms with Crippen molar-refractivity contribution in [1.82, 2.24) is 0 Å². The second kappa shape index (κ2) is 6.49. The number of benzene rings is 1. The van der Waals surface area contributed by atoms with Crippen LogP contribution in [0.1, 0.15) is 44.2 Å². The Balaban J connectivity index is 2.31. The molecule has 3 nitrogen and oxygen atoms in total. The van der Waals surface area contributed by atoms with Crippen LogP contribution < -0.4 is 4.90 Å². The monoisotopic (exact) mass is 353 g/mol. The molecule has 0 aliphatic carbocycles. The van der Waals surface area contributed by atoms with Gasteiger partial charge in [-0.3, -0.25) is 4.79 Å². The topological polar surface area (TPSA) is 29.5 Å². The van der Waals surface area contributed by atoms with Crippen molar-refractivity contribution in [2.75, 3.05) is 25.2 Å². The Labute approximate surface area is 135 Å². The predicted molar refractivity (Wildman–Crippen MR) is 90.0 cm³/mol. The number of hydrogen-bond acceptors (Lipinski definition) is 2. The van der Waals surface area contributed by atoms with Crippen molar-refractivity contribution in [3.8, 4) is 0 Å². The lowest BCUT2D eigenvalue weighted by molar-refractivity contribution is -0.120. The SMILES string of the molecule is COCCCCN1C(=O)CC(C)(C)c2cc(C)c(Br)cc21. The average Bonchev–Trinajstić information content (AvgIpc) is 2.39. The summed E-state index contributed by atoms with van der Waals surface area (Å²) < 4.78 is 6.15. The third-order valence-corrected chi connectivity index (χ3v) is 5.03. The summed E-state index contributed by atoms with van der Waals surface area (Å²) in [7, 11) is 1.71. The van der Waals surface area contributed by atoms with Gasteiger partial charge in [0.15, 0.2) is 0 Å². The minimum atomic E-state index is -0.0963. The molecule has 1 aliphatic heterocycles. The number of halogens is 1. The molecule has 1 amide bonds. The van der Waals surface area contributed by atoms with Crippen molar-refractivity contribution in [2.45, 2.75) is 45.4 Å². The maximum absolute atomic E-state index is 12.5. The number of hydrogen-bond donors (Lipinski definition) is 0. The van der Waals surface area contributed by atoms with Gasteiger partial charge in [0.2, 0.25) is 5.91 Å². The Bertz CT molecular complexity index is 540. The molecule has 0 aromatic heterocycles. The Morgan fingerprint density at radius 2 is 2.05 bits per heavy atom. The first kappa shape index (κ1) is 16.5. The zero-order chi connectivity index (χ0) is 15.6. The summed E-state index contributed by atoms with van der Waals surface area (Å²) in [5.41, 5.74) is 3.46. The lowest BCUT2D eigenvalue weighted by Crippen LogP contribution is -2.42. The summed E-state index contributed by atoms with van der Waals surface area (Å²) >= 11 is 3.59. The van der Waals surface area contributed by atoms with Crippen molar-refractivity contribution < 1.29 is 9.53 Å². The van der Waals surface area contributed by atoms with E-state index in [-0.39, 0.29) is 11.3 Å². The minimum Gasteiger partial charge on any atom is -0.385 e. The molecule has 1 aliphatic rings. The molecule has 1 aromatic carbocycles. The quantitative estimate of drug-likeness (QED) is 0.742. The smallest absolute Gasteiger partial charge is 0.227 e. The number of aryl methyl sites for hydroxylation is 1. The zero-order valence-electron chi connectivity index (χ0n) is 13.3. The third-order valence-electron chi connectivity index (χ3n) is 4.17. The summed E-state index contributed by atoms with van der Waals surface area (Å²) in [5.74, 6) is 0.223. The van der Waals surface area contributed by atoms with Gasteiger partial charge in [0.1, 0.15) is 0 Å². The highest BCUT2D eigenvalue weighted by atomic mass is 79.9. The van der Waals surface area contributed by atoms with Gasteiger partial charge >= 0.3 is 0 Å². The number of anilines is 1. The standard InChI is InChI=1S/C17H24BrNO2/c1-12-9-13-15(10-14(12)18)19(7-5-6-8-21-4)16(20)11-17(13,2)3/h9-10H,5-8,11H2,1-4H3. The number of ether oxygens (including phenoxy) is 1. The van der Waals surface area contributed by atoms with Crippen LogP contribution in [0, 0.1) is 6.92 Å². The van der Waals surface area contributed by atoms with Gasteiger partial charge < -0.3 is 9.64 Å². The third kappa shape index (κ3) is 3.49. The highest BCUT2D eigenvalue weighted by Crippen LogP contribution is 2.42. The van der Waals surface area contributed by atoms with E-state index in [0.717, 1.165) is 36.2 Å². The van der Waals surface area contributed by atoms with Gasteiger partial charge in [-0.05, 0) is 37.0 Å². The number of amides is 1. The van der Waals surface area contributed by atoms with Crippen LogP contribution in [0.4, 0.5) is 5.69 Å². The molecule has 1 aromatic rings. The van der Waals surface area contributed by atoms with Crippen LogP contribution in [0.15, 0.2) is 16.6 Å². The molecular formula is C17H24BrNO2. The van der Waals surface area contributed by atoms with Crippen molar-refractivity contribution in [3.05, 3.63) is 27.7 Å². The van der Waals surface area contributed by atoms with E-state index in [9.17, 15) is 4.79 Å². The van der Waals surface area contributed by atoms with Crippen molar-refractivity contribution in [1.29, 1.82) is 0 Å². The van der Waals surface area contributed by atoms with Crippen LogP contribution in [0.5, 0.6) is 0 Å². The zero-order valence-corrected chi connectivity index (χ0v) is 14.9. The van der Waals surface area contributed by atoms with Crippen molar-refractivity contribution >= 4 is 27.5 Å². The first-order valence-corrected chi connectivity index (χ1v) is 8.26. The average molecular weight is 354 g/mol. The Morgan fingerprint density at radius 3 is 2.71 bits per heavy atom. The van der Waals surface area contributed by atoms with Gasteiger partial charge in [-0.25, -0.2) is 0 Å². The number of unbranched alkanes of at least 4 members (excludes halogenated alkanes) is 1. The van der Waals surface area contributed by atoms with Crippen LogP contribution >= 0.6 is 15.9 Å². The van der Waals surface area contributed by atoms with Crippen molar-refractivity contribution in [3.63, 3.8) is 0 Å². The maximum Gasteiger partial charge on any atom is 0.227 e. The largest absolute Gasteiger partial charge is 0.385 e. The van der Waals surface area contributed by atoms with E-state index in [2.05, 4.69) is 48.8 Å². The molecule has 4 heteroatoms. The number of fused-ring (bicyclic) bond motifs is 1. The number of rotatable bonds is 5. The van der Waals surface area contributed by atoms with Crippen LogP contribution in [-0.2, 0) is 14.9 Å². The predicted octanol–water partition coefficient (Wildman–Crippen LogP) is 4.20. The van der Waals surface area contributed by atoms with Gasteiger partial charge in [-0.15, -0.1) is 0 Å². The molecule has 116 valence electrons. The second-order valence-corrected chi connectivity index (χ2v) is 7.28. The highest BCUT2D eigenvalue weighted by Gasteiger charge is 2.36. The van der Waals surface area contributed by atoms with Crippen LogP contribution in [0.3, 0.4) is 0 Å². The van der Waals surface area contributed by atoms with E-state index < -0.39 is 0 Å². The van der Waals surface area contributed by atoms with E-state index in [1.54, 1.807) is 7.11 Å². The van der Waals surface area contributed by atoms with Gasteiger partial charge in [-0.2, -0.15) is 0 Å². The summed E-state index contributed by atoms with van der Waals surface area (Å²) in [6, 6.07) is 4.31. The summed E-state index contributed by atoms with van der Waals surface area (Å²) in [5, 5.41) is 0. The molecule has 21 heavy (non-hydrogen) atoms. The fourth-order valence-electron chi connectivity index (χ4n) is 2.90. The summed E-state index contributed by atoms with van der Waals surface area (Å²) in [4.78, 5) is 14.5. The molecule has 0 bridgehead atoms. The fourth-order valence-corrected chi connectivity index (χ4v) is 3.23. The molecule has 0 saturated heterocycles. The van der Waals surface area contributed by atoms with E-state index in [1.807, 2.05) is 4.90 Å². The highest BCUT2D eigenvalue weighted by molar-refractivity contribution is 9.10. The van der Waals surface area contributed by atoms with Crippen molar-refractivity contribution in [2.24, 2.45) is 0 Å². The molecular weight excluding hydrogens is 330 g/mol. The number of carbonyl (C=O) groups is 1. The van der Waals surface area contributed by atoms with Gasteiger partial charge in [-0.1, -0.05) is 35.8 Å². The van der Waals surface area contributed by atoms with E-state index in [1.165, 1.54) is 11.1 Å². The molecule has 0 unspecified atom stereocenters. The van der Waals surface area contributed by atoms with Gasteiger partial charge in [0.25, 0.3) is 0 Å². The molecule has 1 heterocycles. The lowest BCUT2D eigenvalue weighted by atomic mass is 9.76. The minimum absolute atomic E-state index is 0.0963. The Morgan fingerprint density at radius 1 is 1.33 bits per heavy atom. The molecule has 0 saturated carbocycles. The second-order valence-electron chi connectivity index (χ2n) is 6.42. The van der Waals surface area contributed by atoms with E-state index in [4.69, 9.17) is 4.74 Å². The van der Waals surface area contributed by atoms with Crippen LogP contribution in [0.2, 0.25) is 0 Å². The summed E-state index contributed by atoms with van der Waals surface area (Å²) in [6.45, 7) is 7.91. The lowest BCUT2D eigenvalue weighted by Gasteiger charge is -2.39. The van der Waals surface area contributed by atoms with E-state index >= 15 is 0 Å². The molecule has 0 fully saturated rings.